The summed E-state index contributed by atoms with van der Waals surface area (Å²) in [6.07, 6.45) is 0.591. The first-order valence-electron chi connectivity index (χ1n) is 5.71. The van der Waals surface area contributed by atoms with Crippen LogP contribution in [0, 0.1) is 13.8 Å². The summed E-state index contributed by atoms with van der Waals surface area (Å²) >= 11 is 3.08. The molecule has 0 aliphatic carbocycles. The molecule has 0 aliphatic rings. The highest BCUT2D eigenvalue weighted by molar-refractivity contribution is 7.19. The van der Waals surface area contributed by atoms with Crippen molar-refractivity contribution in [3.05, 3.63) is 33.5 Å². The van der Waals surface area contributed by atoms with Crippen LogP contribution in [0.5, 0.6) is 0 Å². The van der Waals surface area contributed by atoms with Crippen LogP contribution in [0.25, 0.3) is 10.8 Å². The Balaban J connectivity index is 1.85. The molecule has 0 unspecified atom stereocenters. The van der Waals surface area contributed by atoms with E-state index in [-0.39, 0.29) is 0 Å². The zero-order chi connectivity index (χ0) is 13.4. The average molecular weight is 292 g/mol. The molecular weight excluding hydrogens is 280 g/mol. The fourth-order valence-corrected chi connectivity index (χ4v) is 3.26. The Kier molecular flexibility index (Phi) is 3.08. The molecule has 0 radical (unpaired) electrons. The predicted octanol–water partition coefficient (Wildman–Crippen LogP) is 3.04. The molecule has 0 aromatic carbocycles. The molecule has 0 amide bonds. The number of hydrogen-bond acceptors (Lipinski definition) is 7. The maximum atomic E-state index is 5.77. The van der Waals surface area contributed by atoms with E-state index in [1.54, 1.807) is 11.3 Å². The van der Waals surface area contributed by atoms with Gasteiger partial charge in [-0.3, -0.25) is 0 Å². The van der Waals surface area contributed by atoms with E-state index in [1.165, 1.54) is 11.3 Å². The van der Waals surface area contributed by atoms with E-state index < -0.39 is 0 Å². The quantitative estimate of drug-likeness (QED) is 0.802. The van der Waals surface area contributed by atoms with Crippen molar-refractivity contribution >= 4 is 27.7 Å². The van der Waals surface area contributed by atoms with E-state index in [2.05, 4.69) is 15.1 Å². The van der Waals surface area contributed by atoms with Crippen molar-refractivity contribution in [2.45, 2.75) is 20.3 Å². The van der Waals surface area contributed by atoms with Crippen LogP contribution in [0.15, 0.2) is 16.0 Å². The molecule has 0 fully saturated rings. The van der Waals surface area contributed by atoms with Crippen LogP contribution in [-0.2, 0) is 6.42 Å². The molecule has 3 aromatic rings. The third kappa shape index (κ3) is 2.52. The summed E-state index contributed by atoms with van der Waals surface area (Å²) in [5.41, 5.74) is 7.80. The number of aromatic nitrogens is 3. The van der Waals surface area contributed by atoms with Crippen molar-refractivity contribution in [1.29, 1.82) is 0 Å². The first-order chi connectivity index (χ1) is 9.11. The minimum Gasteiger partial charge on any atom is -0.391 e. The highest BCUT2D eigenvalue weighted by Gasteiger charge is 2.15. The smallest absolute Gasteiger partial charge is 0.268 e. The van der Waals surface area contributed by atoms with Crippen molar-refractivity contribution < 1.29 is 4.52 Å². The van der Waals surface area contributed by atoms with Gasteiger partial charge in [0.1, 0.15) is 0 Å². The molecule has 0 aliphatic heterocycles. The number of aryl methyl sites for hydroxylation is 2. The summed E-state index contributed by atoms with van der Waals surface area (Å²) < 4.78 is 5.29. The van der Waals surface area contributed by atoms with Gasteiger partial charge in [0.25, 0.3) is 5.89 Å². The second-order valence-corrected chi connectivity index (χ2v) is 6.36. The maximum Gasteiger partial charge on any atom is 0.268 e. The minimum absolute atomic E-state index is 0.529. The molecule has 19 heavy (non-hydrogen) atoms. The third-order valence-electron chi connectivity index (χ3n) is 2.60. The molecule has 0 bridgehead atoms. The van der Waals surface area contributed by atoms with Gasteiger partial charge in [-0.15, -0.1) is 22.7 Å². The molecule has 2 N–H and O–H groups in total. The van der Waals surface area contributed by atoms with Gasteiger partial charge in [-0.1, -0.05) is 5.16 Å². The van der Waals surface area contributed by atoms with Gasteiger partial charge in [0.15, 0.2) is 5.82 Å². The molecule has 0 saturated heterocycles. The third-order valence-corrected chi connectivity index (χ3v) is 4.48. The normalized spacial score (nSPS) is 11.1. The van der Waals surface area contributed by atoms with E-state index in [4.69, 9.17) is 10.3 Å². The summed E-state index contributed by atoms with van der Waals surface area (Å²) in [5, 5.41) is 7.80. The highest BCUT2D eigenvalue weighted by atomic mass is 32.1. The number of nitrogens with zero attached hydrogens (tertiary/aromatic N) is 3. The predicted molar refractivity (Wildman–Crippen MR) is 76.4 cm³/mol. The standard InChI is InChI=1S/C12H12N4OS2/c1-6-3-9(13)19-11(6)12-15-10(16-17-12)4-8-5-18-7(2)14-8/h3,5H,4,13H2,1-2H3. The van der Waals surface area contributed by atoms with Gasteiger partial charge >= 0.3 is 0 Å². The van der Waals surface area contributed by atoms with E-state index in [0.29, 0.717) is 18.1 Å². The fourth-order valence-electron chi connectivity index (χ4n) is 1.79. The van der Waals surface area contributed by atoms with Gasteiger partial charge < -0.3 is 10.3 Å². The second kappa shape index (κ2) is 4.75. The van der Waals surface area contributed by atoms with Crippen molar-refractivity contribution in [2.75, 3.05) is 5.73 Å². The first kappa shape index (κ1) is 12.3. The number of nitrogen functional groups attached to an aromatic ring is 1. The molecule has 0 saturated carbocycles. The van der Waals surface area contributed by atoms with Crippen molar-refractivity contribution in [3.63, 3.8) is 0 Å². The minimum atomic E-state index is 0.529. The Bertz CT molecular complexity index is 713. The topological polar surface area (TPSA) is 77.8 Å². The van der Waals surface area contributed by atoms with E-state index in [9.17, 15) is 0 Å². The van der Waals surface area contributed by atoms with Gasteiger partial charge in [0.05, 0.1) is 27.0 Å². The molecule has 5 nitrogen and oxygen atoms in total. The van der Waals surface area contributed by atoms with Crippen molar-refractivity contribution in [3.8, 4) is 10.8 Å². The first-order valence-corrected chi connectivity index (χ1v) is 7.41. The molecular formula is C12H12N4OS2. The molecule has 3 rings (SSSR count). The second-order valence-electron chi connectivity index (χ2n) is 4.21. The number of rotatable bonds is 3. The van der Waals surface area contributed by atoms with Gasteiger partial charge in [-0.25, -0.2) is 4.98 Å². The molecule has 3 heterocycles. The Morgan fingerprint density at radius 3 is 2.79 bits per heavy atom. The lowest BCUT2D eigenvalue weighted by molar-refractivity contribution is 0.424. The number of thiazole rings is 1. The largest absolute Gasteiger partial charge is 0.391 e. The summed E-state index contributed by atoms with van der Waals surface area (Å²) in [4.78, 5) is 9.73. The van der Waals surface area contributed by atoms with E-state index in [1.807, 2.05) is 25.3 Å². The highest BCUT2D eigenvalue weighted by Crippen LogP contribution is 2.32. The van der Waals surface area contributed by atoms with Crippen LogP contribution in [0.2, 0.25) is 0 Å². The summed E-state index contributed by atoms with van der Waals surface area (Å²) in [6.45, 7) is 3.96. The number of thiophene rings is 1. The zero-order valence-corrected chi connectivity index (χ0v) is 12.1. The number of hydrogen-bond donors (Lipinski definition) is 1. The van der Waals surface area contributed by atoms with E-state index in [0.717, 1.165) is 26.1 Å². The van der Waals surface area contributed by atoms with Gasteiger partial charge in [0.2, 0.25) is 0 Å². The summed E-state index contributed by atoms with van der Waals surface area (Å²) in [7, 11) is 0. The maximum absolute atomic E-state index is 5.77. The molecule has 7 heteroatoms. The fraction of sp³-hybridized carbons (Fsp3) is 0.250. The number of anilines is 1. The Labute approximate surface area is 118 Å². The van der Waals surface area contributed by atoms with Crippen LogP contribution >= 0.6 is 22.7 Å². The van der Waals surface area contributed by atoms with Gasteiger partial charge in [-0.2, -0.15) is 4.98 Å². The molecule has 0 spiro atoms. The van der Waals surface area contributed by atoms with E-state index >= 15 is 0 Å². The van der Waals surface area contributed by atoms with Crippen LogP contribution in [0.3, 0.4) is 0 Å². The SMILES string of the molecule is Cc1nc(Cc2noc(-c3sc(N)cc3C)n2)cs1. The summed E-state index contributed by atoms with van der Waals surface area (Å²) in [6, 6.07) is 1.91. The van der Waals surface area contributed by atoms with Gasteiger partial charge in [-0.05, 0) is 25.5 Å². The molecule has 98 valence electrons. The van der Waals surface area contributed by atoms with Crippen LogP contribution in [-0.4, -0.2) is 15.1 Å². The molecule has 0 atom stereocenters. The Hall–Kier alpha value is -1.73. The van der Waals surface area contributed by atoms with Gasteiger partial charge in [0, 0.05) is 5.38 Å². The van der Waals surface area contributed by atoms with Crippen molar-refractivity contribution in [2.24, 2.45) is 0 Å². The lowest BCUT2D eigenvalue weighted by Crippen LogP contribution is -1.91. The average Bonchev–Trinajstić information content (AvgIpc) is 3.02. The van der Waals surface area contributed by atoms with Crippen LogP contribution < -0.4 is 5.73 Å². The van der Waals surface area contributed by atoms with Crippen LogP contribution in [0.1, 0.15) is 22.1 Å². The lowest BCUT2D eigenvalue weighted by atomic mass is 10.3. The lowest BCUT2D eigenvalue weighted by Gasteiger charge is -1.89. The Morgan fingerprint density at radius 1 is 1.32 bits per heavy atom. The summed E-state index contributed by atoms with van der Waals surface area (Å²) in [5.74, 6) is 1.17. The number of nitrogens with two attached hydrogens (primary N) is 1. The monoisotopic (exact) mass is 292 g/mol. The molecule has 3 aromatic heterocycles. The van der Waals surface area contributed by atoms with Crippen LogP contribution in [0.4, 0.5) is 5.00 Å². The Morgan fingerprint density at radius 2 is 2.16 bits per heavy atom. The zero-order valence-electron chi connectivity index (χ0n) is 10.5. The van der Waals surface area contributed by atoms with Crippen molar-refractivity contribution in [1.82, 2.24) is 15.1 Å².